The summed E-state index contributed by atoms with van der Waals surface area (Å²) >= 11 is 1.57. The molecule has 7 heteroatoms. The average Bonchev–Trinajstić information content (AvgIpc) is 3.03. The van der Waals surface area contributed by atoms with Crippen molar-refractivity contribution < 1.29 is 13.2 Å². The molecule has 1 aromatic carbocycles. The van der Waals surface area contributed by atoms with Crippen molar-refractivity contribution in [2.45, 2.75) is 44.0 Å². The first-order valence-corrected chi connectivity index (χ1v) is 11.2. The van der Waals surface area contributed by atoms with Crippen LogP contribution in [-0.2, 0) is 16.4 Å². The fourth-order valence-corrected chi connectivity index (χ4v) is 5.63. The Hall–Kier alpha value is -1.70. The second-order valence-corrected chi connectivity index (χ2v) is 9.42. The van der Waals surface area contributed by atoms with E-state index in [1.807, 2.05) is 17.9 Å². The monoisotopic (exact) mass is 392 g/mol. The van der Waals surface area contributed by atoms with Crippen LogP contribution in [0.2, 0.25) is 0 Å². The fourth-order valence-electron chi connectivity index (χ4n) is 3.22. The van der Waals surface area contributed by atoms with Gasteiger partial charge in [-0.1, -0.05) is 25.1 Å². The van der Waals surface area contributed by atoms with E-state index in [0.717, 1.165) is 11.3 Å². The van der Waals surface area contributed by atoms with Gasteiger partial charge in [0.05, 0.1) is 9.77 Å². The quantitative estimate of drug-likeness (QED) is 0.850. The molecule has 1 aliphatic rings. The van der Waals surface area contributed by atoms with E-state index in [2.05, 4.69) is 11.6 Å². The molecule has 1 aromatic heterocycles. The molecular formula is C19H24N2O3S2. The minimum absolute atomic E-state index is 0.0576. The SMILES string of the molecule is CCc1sc(C(=O)N2CCC(NS(=O)(=O)c3ccccc3)CC2)cc1C. The molecule has 1 aliphatic heterocycles. The van der Waals surface area contributed by atoms with Crippen molar-refractivity contribution in [2.75, 3.05) is 13.1 Å². The summed E-state index contributed by atoms with van der Waals surface area (Å²) in [6, 6.07) is 10.2. The predicted octanol–water partition coefficient (Wildman–Crippen LogP) is 3.20. The number of rotatable bonds is 5. The van der Waals surface area contributed by atoms with Gasteiger partial charge in [-0.15, -0.1) is 11.3 Å². The van der Waals surface area contributed by atoms with Crippen molar-refractivity contribution in [3.8, 4) is 0 Å². The maximum atomic E-state index is 12.7. The molecule has 1 amide bonds. The number of likely N-dealkylation sites (tertiary alicyclic amines) is 1. The average molecular weight is 393 g/mol. The van der Waals surface area contributed by atoms with Gasteiger partial charge in [-0.3, -0.25) is 4.79 Å². The van der Waals surface area contributed by atoms with Gasteiger partial charge in [-0.2, -0.15) is 0 Å². The molecule has 2 aromatic rings. The summed E-state index contributed by atoms with van der Waals surface area (Å²) in [4.78, 5) is 16.8. The molecule has 140 valence electrons. The van der Waals surface area contributed by atoms with Crippen LogP contribution in [0.25, 0.3) is 0 Å². The number of carbonyl (C=O) groups is 1. The lowest BCUT2D eigenvalue weighted by Crippen LogP contribution is -2.46. The predicted molar refractivity (Wildman–Crippen MR) is 104 cm³/mol. The van der Waals surface area contributed by atoms with E-state index < -0.39 is 10.0 Å². The number of hydrogen-bond donors (Lipinski definition) is 1. The van der Waals surface area contributed by atoms with Crippen molar-refractivity contribution in [3.05, 3.63) is 51.7 Å². The highest BCUT2D eigenvalue weighted by Crippen LogP contribution is 2.25. The largest absolute Gasteiger partial charge is 0.338 e. The van der Waals surface area contributed by atoms with Crippen LogP contribution < -0.4 is 4.72 Å². The molecule has 1 saturated heterocycles. The van der Waals surface area contributed by atoms with E-state index in [0.29, 0.717) is 25.9 Å². The van der Waals surface area contributed by atoms with Crippen LogP contribution in [0, 0.1) is 6.92 Å². The number of amides is 1. The molecule has 1 N–H and O–H groups in total. The number of carbonyl (C=O) groups excluding carboxylic acids is 1. The second kappa shape index (κ2) is 7.90. The topological polar surface area (TPSA) is 66.5 Å². The van der Waals surface area contributed by atoms with Gasteiger partial charge < -0.3 is 4.90 Å². The summed E-state index contributed by atoms with van der Waals surface area (Å²) in [7, 11) is -3.51. The Balaban J connectivity index is 1.59. The molecule has 0 aliphatic carbocycles. The molecule has 0 radical (unpaired) electrons. The van der Waals surface area contributed by atoms with Crippen LogP contribution in [0.3, 0.4) is 0 Å². The van der Waals surface area contributed by atoms with E-state index in [1.165, 1.54) is 10.4 Å². The van der Waals surface area contributed by atoms with Crippen LogP contribution in [-0.4, -0.2) is 38.4 Å². The van der Waals surface area contributed by atoms with Crippen molar-refractivity contribution in [1.82, 2.24) is 9.62 Å². The minimum Gasteiger partial charge on any atom is -0.338 e. The van der Waals surface area contributed by atoms with Crippen LogP contribution >= 0.6 is 11.3 Å². The van der Waals surface area contributed by atoms with E-state index in [1.54, 1.807) is 41.7 Å². The zero-order chi connectivity index (χ0) is 18.7. The van der Waals surface area contributed by atoms with Crippen molar-refractivity contribution in [3.63, 3.8) is 0 Å². The van der Waals surface area contributed by atoms with Crippen molar-refractivity contribution in [1.29, 1.82) is 0 Å². The van der Waals surface area contributed by atoms with Gasteiger partial charge in [0.25, 0.3) is 5.91 Å². The molecule has 0 bridgehead atoms. The highest BCUT2D eigenvalue weighted by molar-refractivity contribution is 7.89. The third kappa shape index (κ3) is 4.16. The van der Waals surface area contributed by atoms with Gasteiger partial charge in [0.2, 0.25) is 10.0 Å². The standard InChI is InChI=1S/C19H24N2O3S2/c1-3-17-14(2)13-18(25-17)19(22)21-11-9-15(10-12-21)20-26(23,24)16-7-5-4-6-8-16/h4-8,13,15,20H,3,9-12H2,1-2H3. The third-order valence-corrected chi connectivity index (χ3v) is 7.62. The maximum Gasteiger partial charge on any atom is 0.263 e. The Labute approximate surface area is 159 Å². The molecule has 0 unspecified atom stereocenters. The molecular weight excluding hydrogens is 368 g/mol. The molecule has 0 saturated carbocycles. The van der Waals surface area contributed by atoms with Gasteiger partial charge in [0.15, 0.2) is 0 Å². The highest BCUT2D eigenvalue weighted by Gasteiger charge is 2.28. The molecule has 5 nitrogen and oxygen atoms in total. The van der Waals surface area contributed by atoms with Gasteiger partial charge >= 0.3 is 0 Å². The third-order valence-electron chi connectivity index (χ3n) is 4.71. The van der Waals surface area contributed by atoms with Crippen LogP contribution in [0.15, 0.2) is 41.3 Å². The van der Waals surface area contributed by atoms with Crippen LogP contribution in [0.5, 0.6) is 0 Å². The minimum atomic E-state index is -3.51. The normalized spacial score (nSPS) is 16.0. The van der Waals surface area contributed by atoms with Gasteiger partial charge in [-0.05, 0) is 49.9 Å². The van der Waals surface area contributed by atoms with Crippen molar-refractivity contribution in [2.24, 2.45) is 0 Å². The Morgan fingerprint density at radius 3 is 2.46 bits per heavy atom. The summed E-state index contributed by atoms with van der Waals surface area (Å²) in [5.74, 6) is 0.0576. The number of nitrogens with zero attached hydrogens (tertiary/aromatic N) is 1. The number of thiophene rings is 1. The molecule has 1 fully saturated rings. The molecule has 0 atom stereocenters. The van der Waals surface area contributed by atoms with E-state index in [4.69, 9.17) is 0 Å². The number of sulfonamides is 1. The number of nitrogens with one attached hydrogen (secondary N) is 1. The second-order valence-electron chi connectivity index (χ2n) is 6.57. The summed E-state index contributed by atoms with van der Waals surface area (Å²) in [6.07, 6.45) is 2.19. The number of benzene rings is 1. The first kappa shape index (κ1) is 19.1. The summed E-state index contributed by atoms with van der Waals surface area (Å²) < 4.78 is 27.6. The lowest BCUT2D eigenvalue weighted by molar-refractivity contribution is 0.0716. The van der Waals surface area contributed by atoms with Gasteiger partial charge in [0, 0.05) is 24.0 Å². The Kier molecular flexibility index (Phi) is 5.79. The summed E-state index contributed by atoms with van der Waals surface area (Å²) in [6.45, 7) is 5.27. The lowest BCUT2D eigenvalue weighted by atomic mass is 10.1. The first-order chi connectivity index (χ1) is 12.4. The summed E-state index contributed by atoms with van der Waals surface area (Å²) in [5, 5.41) is 0. The Morgan fingerprint density at radius 1 is 1.23 bits per heavy atom. The Morgan fingerprint density at radius 2 is 1.88 bits per heavy atom. The first-order valence-electron chi connectivity index (χ1n) is 8.86. The maximum absolute atomic E-state index is 12.7. The number of aryl methyl sites for hydroxylation is 2. The lowest BCUT2D eigenvalue weighted by Gasteiger charge is -2.32. The smallest absolute Gasteiger partial charge is 0.263 e. The molecule has 26 heavy (non-hydrogen) atoms. The fraction of sp³-hybridized carbons (Fsp3) is 0.421. The van der Waals surface area contributed by atoms with Gasteiger partial charge in [0.1, 0.15) is 0 Å². The zero-order valence-corrected chi connectivity index (χ0v) is 16.7. The number of hydrogen-bond acceptors (Lipinski definition) is 4. The molecule has 2 heterocycles. The highest BCUT2D eigenvalue weighted by atomic mass is 32.2. The zero-order valence-electron chi connectivity index (χ0n) is 15.1. The van der Waals surface area contributed by atoms with E-state index in [9.17, 15) is 13.2 Å². The molecule has 0 spiro atoms. The number of piperidine rings is 1. The van der Waals surface area contributed by atoms with E-state index in [-0.39, 0.29) is 16.8 Å². The molecule has 3 rings (SSSR count). The van der Waals surface area contributed by atoms with Gasteiger partial charge in [-0.25, -0.2) is 13.1 Å². The Bertz CT molecular complexity index is 867. The van der Waals surface area contributed by atoms with E-state index >= 15 is 0 Å². The van der Waals surface area contributed by atoms with Crippen LogP contribution in [0.4, 0.5) is 0 Å². The van der Waals surface area contributed by atoms with Crippen molar-refractivity contribution >= 4 is 27.3 Å². The summed E-state index contributed by atoms with van der Waals surface area (Å²) in [5.41, 5.74) is 1.17. The van der Waals surface area contributed by atoms with Crippen LogP contribution in [0.1, 0.15) is 39.9 Å².